The minimum Gasteiger partial charge on any atom is -0.493 e. The number of hydrogen-bond donors (Lipinski definition) is 2. The fourth-order valence-corrected chi connectivity index (χ4v) is 6.39. The molecule has 0 atom stereocenters. The molecule has 1 aromatic carbocycles. The average Bonchev–Trinajstić information content (AvgIpc) is 3.25. The molecule has 35 heavy (non-hydrogen) atoms. The van der Waals surface area contributed by atoms with Crippen molar-refractivity contribution in [1.29, 1.82) is 0 Å². The first-order valence-electron chi connectivity index (χ1n) is 12.9. The van der Waals surface area contributed by atoms with E-state index in [2.05, 4.69) is 24.7 Å². The first-order chi connectivity index (χ1) is 17.0. The number of nitrogens with one attached hydrogen (secondary N) is 2. The molecule has 0 unspecified atom stereocenters. The monoisotopic (exact) mass is 494 g/mol. The van der Waals surface area contributed by atoms with Gasteiger partial charge in [0.1, 0.15) is 10.6 Å². The number of amides is 1. The number of carbonyl (C=O) groups excluding carboxylic acids is 1. The first kappa shape index (κ1) is 23.9. The molecule has 2 aliphatic carbocycles. The molecule has 1 fully saturated rings. The fraction of sp³-hybridized carbons (Fsp3) is 0.519. The molecule has 2 N–H and O–H groups in total. The maximum absolute atomic E-state index is 13.8. The smallest absolute Gasteiger partial charge is 0.269 e. The predicted octanol–water partition coefficient (Wildman–Crippen LogP) is 5.63. The van der Waals surface area contributed by atoms with Crippen molar-refractivity contribution in [2.24, 2.45) is 5.92 Å². The van der Waals surface area contributed by atoms with Crippen LogP contribution in [0.25, 0.3) is 10.2 Å². The second kappa shape index (κ2) is 10.4. The van der Waals surface area contributed by atoms with Gasteiger partial charge in [-0.3, -0.25) is 25.0 Å². The quantitative estimate of drug-likeness (QED) is 0.416. The topological polar surface area (TPSA) is 85.2 Å². The normalized spacial score (nSPS) is 16.3. The number of carbonyl (C=O) groups is 1. The van der Waals surface area contributed by atoms with Crippen molar-refractivity contribution in [3.63, 3.8) is 0 Å². The number of benzene rings is 1. The van der Waals surface area contributed by atoms with Crippen LogP contribution in [0.2, 0.25) is 0 Å². The molecule has 1 saturated carbocycles. The molecular formula is C27H34N4O3S. The van der Waals surface area contributed by atoms with E-state index in [1.165, 1.54) is 23.3 Å². The van der Waals surface area contributed by atoms with E-state index in [1.54, 1.807) is 35.6 Å². The molecule has 7 nitrogen and oxygen atoms in total. The number of hydrogen-bond acceptors (Lipinski definition) is 6. The Labute approximate surface area is 209 Å². The first-order valence-corrected chi connectivity index (χ1v) is 13.7. The zero-order chi connectivity index (χ0) is 24.4. The molecule has 0 aliphatic heterocycles. The van der Waals surface area contributed by atoms with Crippen LogP contribution in [0.1, 0.15) is 85.6 Å². The van der Waals surface area contributed by atoms with Crippen LogP contribution in [0, 0.1) is 5.92 Å². The van der Waals surface area contributed by atoms with E-state index in [0.29, 0.717) is 24.0 Å². The van der Waals surface area contributed by atoms with Gasteiger partial charge in [-0.25, -0.2) is 4.98 Å². The Kier molecular flexibility index (Phi) is 7.09. The van der Waals surface area contributed by atoms with Crippen molar-refractivity contribution in [2.45, 2.75) is 77.7 Å². The summed E-state index contributed by atoms with van der Waals surface area (Å²) in [6.45, 7) is 4.82. The van der Waals surface area contributed by atoms with Crippen LogP contribution < -0.4 is 21.1 Å². The number of fused-ring (bicyclic) bond motifs is 3. The molecular weight excluding hydrogens is 460 g/mol. The highest BCUT2D eigenvalue weighted by molar-refractivity contribution is 7.18. The van der Waals surface area contributed by atoms with Gasteiger partial charge in [0.25, 0.3) is 11.5 Å². The third-order valence-corrected chi connectivity index (χ3v) is 8.13. The Balaban J connectivity index is 1.41. The molecule has 2 aliphatic rings. The summed E-state index contributed by atoms with van der Waals surface area (Å²) >= 11 is 1.63. The van der Waals surface area contributed by atoms with Crippen molar-refractivity contribution in [3.05, 3.63) is 50.6 Å². The van der Waals surface area contributed by atoms with E-state index in [-0.39, 0.29) is 17.5 Å². The van der Waals surface area contributed by atoms with Crippen molar-refractivity contribution in [1.82, 2.24) is 15.0 Å². The highest BCUT2D eigenvalue weighted by Gasteiger charge is 2.26. The van der Waals surface area contributed by atoms with Gasteiger partial charge in [0.2, 0.25) is 5.95 Å². The van der Waals surface area contributed by atoms with E-state index in [1.807, 2.05) is 4.57 Å². The molecule has 0 bridgehead atoms. The maximum Gasteiger partial charge on any atom is 0.269 e. The Morgan fingerprint density at radius 1 is 1.11 bits per heavy atom. The zero-order valence-corrected chi connectivity index (χ0v) is 21.4. The molecule has 0 saturated heterocycles. The van der Waals surface area contributed by atoms with Gasteiger partial charge in [0.05, 0.1) is 12.0 Å². The van der Waals surface area contributed by atoms with Gasteiger partial charge < -0.3 is 4.74 Å². The molecule has 8 heteroatoms. The van der Waals surface area contributed by atoms with Gasteiger partial charge in [0.15, 0.2) is 0 Å². The van der Waals surface area contributed by atoms with Crippen LogP contribution in [-0.2, 0) is 12.8 Å². The van der Waals surface area contributed by atoms with Crippen LogP contribution in [0.3, 0.4) is 0 Å². The van der Waals surface area contributed by atoms with E-state index in [0.717, 1.165) is 60.9 Å². The van der Waals surface area contributed by atoms with E-state index in [9.17, 15) is 9.59 Å². The minimum absolute atomic E-state index is 0.0321. The molecule has 5 rings (SSSR count). The number of ether oxygens (including phenoxy) is 1. The van der Waals surface area contributed by atoms with Crippen LogP contribution >= 0.6 is 11.3 Å². The zero-order valence-electron chi connectivity index (χ0n) is 20.6. The summed E-state index contributed by atoms with van der Waals surface area (Å²) in [6.07, 6.45) is 9.60. The molecule has 2 aromatic heterocycles. The van der Waals surface area contributed by atoms with Gasteiger partial charge in [-0.05, 0) is 74.3 Å². The summed E-state index contributed by atoms with van der Waals surface area (Å²) in [7, 11) is 0. The summed E-state index contributed by atoms with van der Waals surface area (Å²) in [5, 5.41) is 0.795. The Morgan fingerprint density at radius 2 is 1.86 bits per heavy atom. The average molecular weight is 495 g/mol. The van der Waals surface area contributed by atoms with Gasteiger partial charge in [-0.15, -0.1) is 11.3 Å². The third-order valence-electron chi connectivity index (χ3n) is 6.95. The molecule has 1 amide bonds. The number of rotatable bonds is 7. The fourth-order valence-electron chi connectivity index (χ4n) is 5.13. The lowest BCUT2D eigenvalue weighted by atomic mass is 9.94. The van der Waals surface area contributed by atoms with Gasteiger partial charge in [0, 0.05) is 16.5 Å². The minimum atomic E-state index is -0.282. The van der Waals surface area contributed by atoms with Crippen molar-refractivity contribution >= 4 is 33.4 Å². The predicted molar refractivity (Wildman–Crippen MR) is 141 cm³/mol. The Bertz CT molecular complexity index is 1260. The van der Waals surface area contributed by atoms with Crippen LogP contribution in [-0.4, -0.2) is 22.1 Å². The SMILES string of the molecule is CC(C)COc1ccc(C(=O)NNc2nc3sc4c(c3c(=O)n2C2CCCCC2)CCCC4)cc1. The highest BCUT2D eigenvalue weighted by Crippen LogP contribution is 2.36. The largest absolute Gasteiger partial charge is 0.493 e. The number of anilines is 1. The molecule has 2 heterocycles. The van der Waals surface area contributed by atoms with Gasteiger partial charge in [-0.2, -0.15) is 0 Å². The van der Waals surface area contributed by atoms with Crippen LogP contribution in [0.15, 0.2) is 29.1 Å². The van der Waals surface area contributed by atoms with Crippen molar-refractivity contribution < 1.29 is 9.53 Å². The number of thiophene rings is 1. The third kappa shape index (κ3) is 5.08. The Morgan fingerprint density at radius 3 is 2.60 bits per heavy atom. The van der Waals surface area contributed by atoms with E-state index in [4.69, 9.17) is 9.72 Å². The van der Waals surface area contributed by atoms with Gasteiger partial charge >= 0.3 is 0 Å². The summed E-state index contributed by atoms with van der Waals surface area (Å²) in [4.78, 5) is 33.6. The standard InChI is InChI=1S/C27H34N4O3S/c1-17(2)16-34-20-14-12-18(13-15-20)24(32)29-30-27-28-25-23(21-10-6-7-11-22(21)35-25)26(33)31(27)19-8-4-3-5-9-19/h12-15,17,19H,3-11,16H2,1-2H3,(H,28,30)(H,29,32). The number of aryl methyl sites for hydroxylation is 2. The van der Waals surface area contributed by atoms with Crippen LogP contribution in [0.4, 0.5) is 5.95 Å². The van der Waals surface area contributed by atoms with Crippen LogP contribution in [0.5, 0.6) is 5.75 Å². The molecule has 3 aromatic rings. The number of nitrogens with zero attached hydrogens (tertiary/aromatic N) is 2. The van der Waals surface area contributed by atoms with Crippen molar-refractivity contribution in [3.8, 4) is 5.75 Å². The molecule has 0 radical (unpaired) electrons. The van der Waals surface area contributed by atoms with E-state index < -0.39 is 0 Å². The second-order valence-electron chi connectivity index (χ2n) is 10.1. The lowest BCUT2D eigenvalue weighted by Gasteiger charge is -2.26. The summed E-state index contributed by atoms with van der Waals surface area (Å²) in [5.41, 5.74) is 7.52. The number of hydrazine groups is 1. The number of aromatic nitrogens is 2. The lowest BCUT2D eigenvalue weighted by molar-refractivity contribution is 0.0962. The van der Waals surface area contributed by atoms with Gasteiger partial charge in [-0.1, -0.05) is 33.1 Å². The van der Waals surface area contributed by atoms with E-state index >= 15 is 0 Å². The maximum atomic E-state index is 13.8. The molecule has 186 valence electrons. The lowest BCUT2D eigenvalue weighted by Crippen LogP contribution is -2.36. The highest BCUT2D eigenvalue weighted by atomic mass is 32.1. The van der Waals surface area contributed by atoms with Crippen molar-refractivity contribution in [2.75, 3.05) is 12.0 Å². The second-order valence-corrected chi connectivity index (χ2v) is 11.2. The summed E-state index contributed by atoms with van der Waals surface area (Å²) in [5.74, 6) is 1.32. The summed E-state index contributed by atoms with van der Waals surface area (Å²) in [6, 6.07) is 7.19. The molecule has 0 spiro atoms. The summed E-state index contributed by atoms with van der Waals surface area (Å²) < 4.78 is 7.52. The Hall–Kier alpha value is -2.87.